The number of carbonyl (C=O) groups excluding carboxylic acids is 1. The van der Waals surface area contributed by atoms with Gasteiger partial charge < -0.3 is 14.2 Å². The molecule has 1 aromatic heterocycles. The average Bonchev–Trinajstić information content (AvgIpc) is 2.86. The van der Waals surface area contributed by atoms with E-state index in [-0.39, 0.29) is 11.8 Å². The van der Waals surface area contributed by atoms with Crippen LogP contribution in [-0.2, 0) is 16.1 Å². The van der Waals surface area contributed by atoms with Crippen LogP contribution in [0.3, 0.4) is 0 Å². The second-order valence-corrected chi connectivity index (χ2v) is 5.53. The molecule has 1 aromatic rings. The van der Waals surface area contributed by atoms with E-state index in [0.717, 1.165) is 6.54 Å². The second kappa shape index (κ2) is 6.32. The topological polar surface area (TPSA) is 71.7 Å². The Hall–Kier alpha value is -1.47. The van der Waals surface area contributed by atoms with E-state index < -0.39 is 6.10 Å². The Bertz CT molecular complexity index is 458. The molecule has 2 heterocycles. The molecule has 0 saturated carbocycles. The molecular weight excluding hydrogens is 260 g/mol. The van der Waals surface area contributed by atoms with E-state index in [2.05, 4.69) is 15.0 Å². The summed E-state index contributed by atoms with van der Waals surface area (Å²) in [4.78, 5) is 19.9. The zero-order valence-electron chi connectivity index (χ0n) is 12.5. The summed E-state index contributed by atoms with van der Waals surface area (Å²) in [6, 6.07) is 0. The average molecular weight is 282 g/mol. The SMILES string of the molecule is CC(C)c1noc(CN2CCOC(C(=O)N(C)C)C2)n1. The number of morpholine rings is 1. The third-order valence-electron chi connectivity index (χ3n) is 3.23. The molecule has 7 heteroatoms. The van der Waals surface area contributed by atoms with E-state index in [1.807, 2.05) is 13.8 Å². The lowest BCUT2D eigenvalue weighted by Gasteiger charge is -2.32. The first-order valence-electron chi connectivity index (χ1n) is 6.85. The molecule has 1 saturated heterocycles. The number of nitrogens with zero attached hydrogens (tertiary/aromatic N) is 4. The lowest BCUT2D eigenvalue weighted by Crippen LogP contribution is -2.49. The molecule has 0 N–H and O–H groups in total. The number of ether oxygens (including phenoxy) is 1. The van der Waals surface area contributed by atoms with Crippen LogP contribution in [0.4, 0.5) is 0 Å². The Balaban J connectivity index is 1.93. The predicted octanol–water partition coefficient (Wildman–Crippen LogP) is 0.482. The Morgan fingerprint density at radius 1 is 1.50 bits per heavy atom. The molecule has 0 bridgehead atoms. The van der Waals surface area contributed by atoms with E-state index in [4.69, 9.17) is 9.26 Å². The minimum atomic E-state index is -0.411. The molecule has 0 spiro atoms. The van der Waals surface area contributed by atoms with Crippen molar-refractivity contribution in [2.45, 2.75) is 32.4 Å². The minimum Gasteiger partial charge on any atom is -0.366 e. The number of aromatic nitrogens is 2. The highest BCUT2D eigenvalue weighted by atomic mass is 16.5. The van der Waals surface area contributed by atoms with Crippen LogP contribution in [0, 0.1) is 0 Å². The summed E-state index contributed by atoms with van der Waals surface area (Å²) in [5.41, 5.74) is 0. The van der Waals surface area contributed by atoms with Gasteiger partial charge in [-0.25, -0.2) is 0 Å². The third kappa shape index (κ3) is 3.55. The molecule has 0 radical (unpaired) electrons. The summed E-state index contributed by atoms with van der Waals surface area (Å²) < 4.78 is 10.7. The summed E-state index contributed by atoms with van der Waals surface area (Å²) in [5.74, 6) is 1.55. The fraction of sp³-hybridized carbons (Fsp3) is 0.769. The summed E-state index contributed by atoms with van der Waals surface area (Å²) in [6.45, 7) is 6.45. The van der Waals surface area contributed by atoms with Crippen molar-refractivity contribution in [1.29, 1.82) is 0 Å². The van der Waals surface area contributed by atoms with Gasteiger partial charge in [0.1, 0.15) is 6.10 Å². The maximum absolute atomic E-state index is 11.9. The molecule has 1 aliphatic heterocycles. The molecule has 20 heavy (non-hydrogen) atoms. The van der Waals surface area contributed by atoms with Crippen LogP contribution >= 0.6 is 0 Å². The van der Waals surface area contributed by atoms with Crippen LogP contribution in [0.2, 0.25) is 0 Å². The molecule has 1 atom stereocenters. The van der Waals surface area contributed by atoms with E-state index >= 15 is 0 Å². The van der Waals surface area contributed by atoms with Gasteiger partial charge >= 0.3 is 0 Å². The van der Waals surface area contributed by atoms with Gasteiger partial charge in [0, 0.05) is 33.1 Å². The van der Waals surface area contributed by atoms with E-state index in [1.54, 1.807) is 19.0 Å². The molecule has 1 aliphatic rings. The highest BCUT2D eigenvalue weighted by molar-refractivity contribution is 5.80. The van der Waals surface area contributed by atoms with Crippen molar-refractivity contribution >= 4 is 5.91 Å². The smallest absolute Gasteiger partial charge is 0.252 e. The lowest BCUT2D eigenvalue weighted by molar-refractivity contribution is -0.147. The molecule has 0 aromatic carbocycles. The van der Waals surface area contributed by atoms with Gasteiger partial charge in [0.15, 0.2) is 5.82 Å². The fourth-order valence-electron chi connectivity index (χ4n) is 2.04. The summed E-state index contributed by atoms with van der Waals surface area (Å²) >= 11 is 0. The van der Waals surface area contributed by atoms with Crippen molar-refractivity contribution in [3.05, 3.63) is 11.7 Å². The molecular formula is C13H22N4O3. The standard InChI is InChI=1S/C13H22N4O3/c1-9(2)12-14-11(20-15-12)8-17-5-6-19-10(7-17)13(18)16(3)4/h9-10H,5-8H2,1-4H3. The molecule has 0 aliphatic carbocycles. The monoisotopic (exact) mass is 282 g/mol. The maximum Gasteiger partial charge on any atom is 0.252 e. The van der Waals surface area contributed by atoms with Crippen LogP contribution in [0.5, 0.6) is 0 Å². The number of amides is 1. The van der Waals surface area contributed by atoms with Crippen molar-refractivity contribution in [3.63, 3.8) is 0 Å². The zero-order chi connectivity index (χ0) is 14.7. The third-order valence-corrected chi connectivity index (χ3v) is 3.23. The predicted molar refractivity (Wildman–Crippen MR) is 72.1 cm³/mol. The Labute approximate surface area is 118 Å². The van der Waals surface area contributed by atoms with E-state index in [0.29, 0.717) is 31.4 Å². The summed E-state index contributed by atoms with van der Waals surface area (Å²) in [5, 5.41) is 3.94. The summed E-state index contributed by atoms with van der Waals surface area (Å²) in [7, 11) is 3.47. The van der Waals surface area contributed by atoms with Crippen molar-refractivity contribution in [1.82, 2.24) is 19.9 Å². The normalized spacial score (nSPS) is 20.4. The Kier molecular flexibility index (Phi) is 4.72. The number of hydrogen-bond acceptors (Lipinski definition) is 6. The first-order chi connectivity index (χ1) is 9.47. The van der Waals surface area contributed by atoms with Crippen LogP contribution in [0.1, 0.15) is 31.5 Å². The van der Waals surface area contributed by atoms with E-state index in [1.165, 1.54) is 0 Å². The maximum atomic E-state index is 11.9. The van der Waals surface area contributed by atoms with Crippen molar-refractivity contribution < 1.29 is 14.1 Å². The number of carbonyl (C=O) groups is 1. The van der Waals surface area contributed by atoms with E-state index in [9.17, 15) is 4.79 Å². The number of rotatable bonds is 4. The van der Waals surface area contributed by atoms with Crippen LogP contribution in [0.15, 0.2) is 4.52 Å². The first-order valence-corrected chi connectivity index (χ1v) is 6.85. The van der Waals surface area contributed by atoms with Crippen molar-refractivity contribution in [2.75, 3.05) is 33.8 Å². The Morgan fingerprint density at radius 3 is 2.85 bits per heavy atom. The van der Waals surface area contributed by atoms with Gasteiger partial charge in [-0.2, -0.15) is 4.98 Å². The highest BCUT2D eigenvalue weighted by Gasteiger charge is 2.28. The van der Waals surface area contributed by atoms with Gasteiger partial charge in [0.2, 0.25) is 5.89 Å². The van der Waals surface area contributed by atoms with Gasteiger partial charge in [0.25, 0.3) is 5.91 Å². The van der Waals surface area contributed by atoms with Crippen LogP contribution in [0.25, 0.3) is 0 Å². The van der Waals surface area contributed by atoms with Crippen molar-refractivity contribution in [2.24, 2.45) is 0 Å². The molecule has 1 amide bonds. The van der Waals surface area contributed by atoms with Crippen LogP contribution in [-0.4, -0.2) is 65.7 Å². The quantitative estimate of drug-likeness (QED) is 0.800. The van der Waals surface area contributed by atoms with Gasteiger partial charge in [-0.05, 0) is 0 Å². The zero-order valence-corrected chi connectivity index (χ0v) is 12.5. The second-order valence-electron chi connectivity index (χ2n) is 5.53. The molecule has 112 valence electrons. The minimum absolute atomic E-state index is 0.0110. The van der Waals surface area contributed by atoms with Crippen LogP contribution < -0.4 is 0 Å². The number of hydrogen-bond donors (Lipinski definition) is 0. The number of likely N-dealkylation sites (N-methyl/N-ethyl adjacent to an activating group) is 1. The lowest BCUT2D eigenvalue weighted by atomic mass is 10.2. The molecule has 1 fully saturated rings. The molecule has 2 rings (SSSR count). The van der Waals surface area contributed by atoms with Gasteiger partial charge in [0.05, 0.1) is 13.2 Å². The fourth-order valence-corrected chi connectivity index (χ4v) is 2.04. The van der Waals surface area contributed by atoms with Gasteiger partial charge in [-0.15, -0.1) is 0 Å². The first kappa shape index (κ1) is 14.9. The van der Waals surface area contributed by atoms with Gasteiger partial charge in [-0.1, -0.05) is 19.0 Å². The largest absolute Gasteiger partial charge is 0.366 e. The highest BCUT2D eigenvalue weighted by Crippen LogP contribution is 2.13. The molecule has 1 unspecified atom stereocenters. The Morgan fingerprint density at radius 2 is 2.25 bits per heavy atom. The van der Waals surface area contributed by atoms with Gasteiger partial charge in [-0.3, -0.25) is 9.69 Å². The van der Waals surface area contributed by atoms with Crippen molar-refractivity contribution in [3.8, 4) is 0 Å². The summed E-state index contributed by atoms with van der Waals surface area (Å²) in [6.07, 6.45) is -0.411. The molecule has 7 nitrogen and oxygen atoms in total.